The van der Waals surface area contributed by atoms with Crippen molar-refractivity contribution in [3.05, 3.63) is 45.1 Å². The molecule has 2 rings (SSSR count). The number of nitrogens with one attached hydrogen (secondary N) is 1. The third-order valence-electron chi connectivity index (χ3n) is 2.30. The van der Waals surface area contributed by atoms with Gasteiger partial charge in [0.15, 0.2) is 0 Å². The van der Waals surface area contributed by atoms with Crippen molar-refractivity contribution in [3.63, 3.8) is 0 Å². The maximum atomic E-state index is 11.8. The summed E-state index contributed by atoms with van der Waals surface area (Å²) >= 11 is 6.59. The zero-order valence-electron chi connectivity index (χ0n) is 9.65. The number of hydrogen-bond donors (Lipinski definition) is 1. The van der Waals surface area contributed by atoms with Gasteiger partial charge in [0, 0.05) is 11.8 Å². The van der Waals surface area contributed by atoms with Gasteiger partial charge in [0.05, 0.1) is 0 Å². The first-order valence-corrected chi connectivity index (χ1v) is 6.88. The monoisotopic (exact) mass is 371 g/mol. The molecule has 4 nitrogen and oxygen atoms in total. The topological polar surface area (TPSA) is 46.9 Å². The minimum atomic E-state index is -0.114. The van der Waals surface area contributed by atoms with E-state index in [2.05, 4.69) is 42.3 Å². The number of anilines is 1. The van der Waals surface area contributed by atoms with E-state index >= 15 is 0 Å². The molecule has 0 atom stereocenters. The van der Waals surface area contributed by atoms with Gasteiger partial charge in [-0.1, -0.05) is 12.1 Å². The van der Waals surface area contributed by atoms with Gasteiger partial charge in [-0.05, 0) is 56.5 Å². The number of benzene rings is 1. The molecule has 1 heterocycles. The second-order valence-corrected chi connectivity index (χ2v) is 5.49. The van der Waals surface area contributed by atoms with E-state index in [0.717, 1.165) is 15.9 Å². The van der Waals surface area contributed by atoms with Gasteiger partial charge in [-0.2, -0.15) is 5.10 Å². The number of rotatable bonds is 3. The van der Waals surface area contributed by atoms with E-state index in [1.807, 2.05) is 31.2 Å². The van der Waals surface area contributed by atoms with Crippen LogP contribution >= 0.6 is 31.9 Å². The van der Waals surface area contributed by atoms with E-state index in [1.54, 1.807) is 10.7 Å². The van der Waals surface area contributed by atoms with Gasteiger partial charge in [0.1, 0.15) is 15.8 Å². The van der Waals surface area contributed by atoms with Crippen molar-refractivity contribution >= 4 is 43.5 Å². The predicted molar refractivity (Wildman–Crippen MR) is 77.4 cm³/mol. The Balaban J connectivity index is 2.03. The average molecular weight is 373 g/mol. The first-order chi connectivity index (χ1) is 8.54. The van der Waals surface area contributed by atoms with Crippen LogP contribution < -0.4 is 5.32 Å². The summed E-state index contributed by atoms with van der Waals surface area (Å²) in [5.74, 6) is -0.114. The fraction of sp³-hybridized carbons (Fsp3) is 0.167. The van der Waals surface area contributed by atoms with Crippen LogP contribution in [0, 0.1) is 6.92 Å². The number of amides is 1. The molecule has 0 saturated carbocycles. The number of carbonyl (C=O) groups is 1. The second kappa shape index (κ2) is 5.67. The molecule has 0 bridgehead atoms. The third-order valence-corrected chi connectivity index (χ3v) is 3.32. The highest BCUT2D eigenvalue weighted by Crippen LogP contribution is 2.16. The number of carbonyl (C=O) groups excluding carboxylic acids is 1. The van der Waals surface area contributed by atoms with E-state index in [-0.39, 0.29) is 12.5 Å². The van der Waals surface area contributed by atoms with Gasteiger partial charge < -0.3 is 5.32 Å². The summed E-state index contributed by atoms with van der Waals surface area (Å²) in [7, 11) is 0. The highest BCUT2D eigenvalue weighted by atomic mass is 79.9. The third kappa shape index (κ3) is 3.43. The Hall–Kier alpha value is -1.14. The van der Waals surface area contributed by atoms with Crippen molar-refractivity contribution in [1.82, 2.24) is 9.78 Å². The SMILES string of the molecule is Cc1cccc(NC(=O)Cn2nc(Br)cc2Br)c1. The Bertz CT molecular complexity index is 580. The molecule has 0 radical (unpaired) electrons. The zero-order valence-corrected chi connectivity index (χ0v) is 12.8. The molecular weight excluding hydrogens is 362 g/mol. The van der Waals surface area contributed by atoms with Gasteiger partial charge >= 0.3 is 0 Å². The minimum Gasteiger partial charge on any atom is -0.324 e. The van der Waals surface area contributed by atoms with Crippen LogP contribution in [0.25, 0.3) is 0 Å². The summed E-state index contributed by atoms with van der Waals surface area (Å²) in [4.78, 5) is 11.8. The summed E-state index contributed by atoms with van der Waals surface area (Å²) in [5.41, 5.74) is 1.90. The van der Waals surface area contributed by atoms with E-state index < -0.39 is 0 Å². The highest BCUT2D eigenvalue weighted by Gasteiger charge is 2.08. The Morgan fingerprint density at radius 1 is 1.39 bits per heavy atom. The molecule has 1 aromatic heterocycles. The summed E-state index contributed by atoms with van der Waals surface area (Å²) in [6, 6.07) is 9.47. The van der Waals surface area contributed by atoms with Gasteiger partial charge in [-0.15, -0.1) is 0 Å². The van der Waals surface area contributed by atoms with Crippen LogP contribution in [0.2, 0.25) is 0 Å². The maximum absolute atomic E-state index is 11.8. The van der Waals surface area contributed by atoms with Gasteiger partial charge in [-0.3, -0.25) is 4.79 Å². The van der Waals surface area contributed by atoms with Crippen LogP contribution in [-0.2, 0) is 11.3 Å². The highest BCUT2D eigenvalue weighted by molar-refractivity contribution is 9.11. The molecule has 0 aliphatic carbocycles. The van der Waals surface area contributed by atoms with Crippen LogP contribution in [0.3, 0.4) is 0 Å². The van der Waals surface area contributed by atoms with Crippen LogP contribution in [0.15, 0.2) is 39.5 Å². The molecule has 2 aromatic rings. The Morgan fingerprint density at radius 2 is 2.17 bits per heavy atom. The number of halogens is 2. The molecule has 94 valence electrons. The lowest BCUT2D eigenvalue weighted by Gasteiger charge is -2.06. The van der Waals surface area contributed by atoms with Crippen molar-refractivity contribution in [2.75, 3.05) is 5.32 Å². The number of aryl methyl sites for hydroxylation is 1. The number of aromatic nitrogens is 2. The lowest BCUT2D eigenvalue weighted by atomic mass is 10.2. The van der Waals surface area contributed by atoms with E-state index in [0.29, 0.717) is 4.60 Å². The smallest absolute Gasteiger partial charge is 0.246 e. The summed E-state index contributed by atoms with van der Waals surface area (Å²) < 4.78 is 3.03. The number of nitrogens with zero attached hydrogens (tertiary/aromatic N) is 2. The van der Waals surface area contributed by atoms with Gasteiger partial charge in [0.2, 0.25) is 5.91 Å². The summed E-state index contributed by atoms with van der Waals surface area (Å²) in [6.45, 7) is 2.15. The van der Waals surface area contributed by atoms with Crippen molar-refractivity contribution in [2.45, 2.75) is 13.5 Å². The van der Waals surface area contributed by atoms with Gasteiger partial charge in [-0.25, -0.2) is 4.68 Å². The Labute approximate surface area is 122 Å². The fourth-order valence-electron chi connectivity index (χ4n) is 1.53. The van der Waals surface area contributed by atoms with Crippen molar-refractivity contribution in [1.29, 1.82) is 0 Å². The molecule has 1 aromatic carbocycles. The molecular formula is C12H11Br2N3O. The quantitative estimate of drug-likeness (QED) is 0.897. The second-order valence-electron chi connectivity index (χ2n) is 3.87. The lowest BCUT2D eigenvalue weighted by Crippen LogP contribution is -2.19. The van der Waals surface area contributed by atoms with Crippen LogP contribution in [-0.4, -0.2) is 15.7 Å². The summed E-state index contributed by atoms with van der Waals surface area (Å²) in [6.07, 6.45) is 0. The van der Waals surface area contributed by atoms with Crippen LogP contribution in [0.4, 0.5) is 5.69 Å². The molecule has 18 heavy (non-hydrogen) atoms. The molecule has 0 spiro atoms. The standard InChI is InChI=1S/C12H11Br2N3O/c1-8-3-2-4-9(5-8)15-12(18)7-17-11(14)6-10(13)16-17/h2-6H,7H2,1H3,(H,15,18). The zero-order chi connectivity index (χ0) is 13.1. The molecule has 0 aliphatic heterocycles. The Kier molecular flexibility index (Phi) is 4.19. The molecule has 6 heteroatoms. The molecule has 0 saturated heterocycles. The Morgan fingerprint density at radius 3 is 2.78 bits per heavy atom. The first-order valence-electron chi connectivity index (χ1n) is 5.30. The van der Waals surface area contributed by atoms with E-state index in [1.165, 1.54) is 0 Å². The molecule has 1 amide bonds. The van der Waals surface area contributed by atoms with Crippen LogP contribution in [0.1, 0.15) is 5.56 Å². The molecule has 0 unspecified atom stereocenters. The van der Waals surface area contributed by atoms with E-state index in [4.69, 9.17) is 0 Å². The van der Waals surface area contributed by atoms with Crippen molar-refractivity contribution in [3.8, 4) is 0 Å². The normalized spacial score (nSPS) is 10.4. The molecule has 1 N–H and O–H groups in total. The predicted octanol–water partition coefficient (Wildman–Crippen LogP) is 3.36. The summed E-state index contributed by atoms with van der Waals surface area (Å²) in [5, 5.41) is 6.97. The van der Waals surface area contributed by atoms with Crippen molar-refractivity contribution in [2.24, 2.45) is 0 Å². The molecule has 0 fully saturated rings. The minimum absolute atomic E-state index is 0.114. The number of hydrogen-bond acceptors (Lipinski definition) is 2. The largest absolute Gasteiger partial charge is 0.324 e. The van der Waals surface area contributed by atoms with Crippen LogP contribution in [0.5, 0.6) is 0 Å². The molecule has 0 aliphatic rings. The maximum Gasteiger partial charge on any atom is 0.246 e. The van der Waals surface area contributed by atoms with Crippen molar-refractivity contribution < 1.29 is 4.79 Å². The lowest BCUT2D eigenvalue weighted by molar-refractivity contribution is -0.116. The fourth-order valence-corrected chi connectivity index (χ4v) is 2.67. The van der Waals surface area contributed by atoms with Gasteiger partial charge in [0.25, 0.3) is 0 Å². The first kappa shape index (κ1) is 13.3. The average Bonchev–Trinajstić information content (AvgIpc) is 2.57. The van der Waals surface area contributed by atoms with E-state index in [9.17, 15) is 4.79 Å².